The second-order valence-corrected chi connectivity index (χ2v) is 8.16. The third-order valence-electron chi connectivity index (χ3n) is 4.28. The molecule has 0 bridgehead atoms. The summed E-state index contributed by atoms with van der Waals surface area (Å²) in [4.78, 5) is 11.7. The van der Waals surface area contributed by atoms with E-state index in [4.69, 9.17) is 9.47 Å². The molecule has 0 heterocycles. The molecular weight excluding hydrogens is 352 g/mol. The van der Waals surface area contributed by atoms with Gasteiger partial charge in [-0.1, -0.05) is 30.3 Å². The lowest BCUT2D eigenvalue weighted by molar-refractivity contribution is 0.0520. The van der Waals surface area contributed by atoms with Crippen molar-refractivity contribution in [3.63, 3.8) is 0 Å². The Morgan fingerprint density at radius 2 is 1.82 bits per heavy atom. The van der Waals surface area contributed by atoms with Crippen LogP contribution in [0.2, 0.25) is 0 Å². The van der Waals surface area contributed by atoms with Crippen molar-refractivity contribution >= 4 is 6.09 Å². The van der Waals surface area contributed by atoms with Gasteiger partial charge in [-0.05, 0) is 68.5 Å². The molecule has 150 valence electrons. The van der Waals surface area contributed by atoms with Gasteiger partial charge in [0.2, 0.25) is 0 Å². The lowest BCUT2D eigenvalue weighted by Gasteiger charge is -2.19. The third kappa shape index (κ3) is 6.89. The van der Waals surface area contributed by atoms with Crippen LogP contribution in [0.4, 0.5) is 4.79 Å². The van der Waals surface area contributed by atoms with Crippen molar-refractivity contribution in [3.8, 4) is 16.9 Å². The molecule has 1 fully saturated rings. The molecule has 0 aromatic heterocycles. The van der Waals surface area contributed by atoms with Crippen LogP contribution in [0.15, 0.2) is 48.5 Å². The van der Waals surface area contributed by atoms with Crippen molar-refractivity contribution in [1.29, 1.82) is 0 Å². The number of hydrogen-bond acceptors (Lipinski definition) is 4. The van der Waals surface area contributed by atoms with Gasteiger partial charge in [-0.25, -0.2) is 4.79 Å². The van der Waals surface area contributed by atoms with E-state index >= 15 is 0 Å². The number of hydrogen-bond donors (Lipinski definition) is 2. The first-order valence-electron chi connectivity index (χ1n) is 9.91. The van der Waals surface area contributed by atoms with E-state index in [-0.39, 0.29) is 0 Å². The zero-order valence-electron chi connectivity index (χ0n) is 17.0. The average molecular weight is 383 g/mol. The van der Waals surface area contributed by atoms with E-state index in [1.54, 1.807) is 0 Å². The van der Waals surface area contributed by atoms with Crippen molar-refractivity contribution in [2.24, 2.45) is 0 Å². The number of benzene rings is 2. The highest BCUT2D eigenvalue weighted by molar-refractivity contribution is 5.67. The summed E-state index contributed by atoms with van der Waals surface area (Å²) in [5, 5.41) is 6.27. The Morgan fingerprint density at radius 3 is 2.50 bits per heavy atom. The molecule has 1 saturated carbocycles. The zero-order valence-corrected chi connectivity index (χ0v) is 17.0. The number of alkyl carbamates (subject to hydrolysis) is 1. The second-order valence-electron chi connectivity index (χ2n) is 8.16. The number of carbonyl (C=O) groups excluding carboxylic acids is 1. The van der Waals surface area contributed by atoms with Crippen LogP contribution in [0.5, 0.6) is 5.75 Å². The second kappa shape index (κ2) is 9.11. The maximum absolute atomic E-state index is 11.7. The summed E-state index contributed by atoms with van der Waals surface area (Å²) < 4.78 is 11.1. The van der Waals surface area contributed by atoms with Crippen LogP contribution >= 0.6 is 0 Å². The Bertz CT molecular complexity index is 780. The highest BCUT2D eigenvalue weighted by atomic mass is 16.6. The van der Waals surface area contributed by atoms with Gasteiger partial charge in [0, 0.05) is 12.6 Å². The smallest absolute Gasteiger partial charge is 0.407 e. The first-order valence-corrected chi connectivity index (χ1v) is 9.91. The van der Waals surface area contributed by atoms with Gasteiger partial charge in [-0.15, -0.1) is 0 Å². The minimum Gasteiger partial charge on any atom is -0.492 e. The van der Waals surface area contributed by atoms with Crippen LogP contribution in [0, 0.1) is 0 Å². The fraction of sp³-hybridized carbons (Fsp3) is 0.435. The molecule has 5 nitrogen and oxygen atoms in total. The SMILES string of the molecule is CC(C)(C)OC(=O)NCCOc1cc(CNC2CC2)cc(-c2ccccc2)c1. The van der Waals surface area contributed by atoms with Crippen molar-refractivity contribution in [2.45, 2.75) is 51.8 Å². The van der Waals surface area contributed by atoms with E-state index in [0.29, 0.717) is 19.2 Å². The van der Waals surface area contributed by atoms with E-state index < -0.39 is 11.7 Å². The van der Waals surface area contributed by atoms with Gasteiger partial charge in [-0.2, -0.15) is 0 Å². The molecule has 1 aliphatic rings. The largest absolute Gasteiger partial charge is 0.492 e. The minimum atomic E-state index is -0.502. The molecule has 3 rings (SSSR count). The quantitative estimate of drug-likeness (QED) is 0.660. The van der Waals surface area contributed by atoms with Gasteiger partial charge in [0.25, 0.3) is 0 Å². The topological polar surface area (TPSA) is 59.6 Å². The number of rotatable bonds is 8. The Morgan fingerprint density at radius 1 is 1.07 bits per heavy atom. The molecule has 0 saturated heterocycles. The van der Waals surface area contributed by atoms with Crippen LogP contribution in [0.3, 0.4) is 0 Å². The molecular formula is C23H30N2O3. The van der Waals surface area contributed by atoms with E-state index in [1.807, 2.05) is 45.0 Å². The third-order valence-corrected chi connectivity index (χ3v) is 4.28. The Balaban J connectivity index is 1.60. The summed E-state index contributed by atoms with van der Waals surface area (Å²) in [6, 6.07) is 17.3. The monoisotopic (exact) mass is 382 g/mol. The van der Waals surface area contributed by atoms with Crippen LogP contribution in [0.25, 0.3) is 11.1 Å². The Labute approximate surface area is 167 Å². The van der Waals surface area contributed by atoms with E-state index in [1.165, 1.54) is 18.4 Å². The number of amides is 1. The first kappa shape index (κ1) is 20.2. The number of carbonyl (C=O) groups is 1. The molecule has 0 radical (unpaired) electrons. The molecule has 1 amide bonds. The molecule has 0 spiro atoms. The van der Waals surface area contributed by atoms with Crippen LogP contribution in [-0.4, -0.2) is 30.9 Å². The summed E-state index contributed by atoms with van der Waals surface area (Å²) in [5.41, 5.74) is 2.99. The minimum absolute atomic E-state index is 0.382. The summed E-state index contributed by atoms with van der Waals surface area (Å²) in [5.74, 6) is 0.805. The Kier molecular flexibility index (Phi) is 6.57. The van der Waals surface area contributed by atoms with E-state index in [9.17, 15) is 4.79 Å². The number of ether oxygens (including phenoxy) is 2. The van der Waals surface area contributed by atoms with Crippen molar-refractivity contribution < 1.29 is 14.3 Å². The van der Waals surface area contributed by atoms with Crippen LogP contribution in [-0.2, 0) is 11.3 Å². The summed E-state index contributed by atoms with van der Waals surface area (Å²) in [6.07, 6.45) is 2.10. The van der Waals surface area contributed by atoms with Crippen molar-refractivity contribution in [2.75, 3.05) is 13.2 Å². The predicted octanol–water partition coefficient (Wildman–Crippen LogP) is 4.51. The zero-order chi connectivity index (χ0) is 20.0. The van der Waals surface area contributed by atoms with Crippen molar-refractivity contribution in [1.82, 2.24) is 10.6 Å². The average Bonchev–Trinajstić information content (AvgIpc) is 3.47. The summed E-state index contributed by atoms with van der Waals surface area (Å²) in [7, 11) is 0. The molecule has 2 aromatic carbocycles. The lowest BCUT2D eigenvalue weighted by Crippen LogP contribution is -2.34. The fourth-order valence-electron chi connectivity index (χ4n) is 2.83. The van der Waals surface area contributed by atoms with Crippen LogP contribution < -0.4 is 15.4 Å². The van der Waals surface area contributed by atoms with Crippen molar-refractivity contribution in [3.05, 3.63) is 54.1 Å². The van der Waals surface area contributed by atoms with Gasteiger partial charge < -0.3 is 20.1 Å². The fourth-order valence-corrected chi connectivity index (χ4v) is 2.83. The van der Waals surface area contributed by atoms with Gasteiger partial charge >= 0.3 is 6.09 Å². The molecule has 28 heavy (non-hydrogen) atoms. The maximum Gasteiger partial charge on any atom is 0.407 e. The predicted molar refractivity (Wildman–Crippen MR) is 111 cm³/mol. The molecule has 1 aliphatic carbocycles. The number of nitrogens with one attached hydrogen (secondary N) is 2. The lowest BCUT2D eigenvalue weighted by atomic mass is 10.0. The molecule has 2 aromatic rings. The Hall–Kier alpha value is -2.53. The normalized spacial score (nSPS) is 13.8. The van der Waals surface area contributed by atoms with Gasteiger partial charge in [0.15, 0.2) is 0 Å². The molecule has 0 atom stereocenters. The van der Waals surface area contributed by atoms with Gasteiger partial charge in [0.1, 0.15) is 18.0 Å². The van der Waals surface area contributed by atoms with Gasteiger partial charge in [-0.3, -0.25) is 0 Å². The summed E-state index contributed by atoms with van der Waals surface area (Å²) >= 11 is 0. The van der Waals surface area contributed by atoms with E-state index in [2.05, 4.69) is 34.9 Å². The first-order chi connectivity index (χ1) is 13.4. The standard InChI is InChI=1S/C23H30N2O3/c1-23(2,3)28-22(26)24-11-12-27-21-14-17(16-25-20-9-10-20)13-19(15-21)18-7-5-4-6-8-18/h4-8,13-15,20,25H,9-12,16H2,1-3H3,(H,24,26). The molecule has 0 aliphatic heterocycles. The summed E-state index contributed by atoms with van der Waals surface area (Å²) in [6.45, 7) is 7.13. The highest BCUT2D eigenvalue weighted by Crippen LogP contribution is 2.27. The highest BCUT2D eigenvalue weighted by Gasteiger charge is 2.20. The molecule has 5 heteroatoms. The molecule has 2 N–H and O–H groups in total. The van der Waals surface area contributed by atoms with Crippen LogP contribution in [0.1, 0.15) is 39.2 Å². The van der Waals surface area contributed by atoms with E-state index in [0.717, 1.165) is 23.4 Å². The maximum atomic E-state index is 11.7. The van der Waals surface area contributed by atoms with Gasteiger partial charge in [0.05, 0.1) is 6.54 Å². The molecule has 0 unspecified atom stereocenters.